The van der Waals surface area contributed by atoms with Gasteiger partial charge in [0.25, 0.3) is 0 Å². The molecule has 0 unspecified atom stereocenters. The van der Waals surface area contributed by atoms with Crippen molar-refractivity contribution < 1.29 is 0 Å². The molecule has 0 bridgehead atoms. The highest BCUT2D eigenvalue weighted by Crippen LogP contribution is 2.28. The summed E-state index contributed by atoms with van der Waals surface area (Å²) < 4.78 is 1.68. The van der Waals surface area contributed by atoms with Crippen molar-refractivity contribution in [3.8, 4) is 0 Å². The minimum Gasteiger partial charge on any atom is -0.303 e. The highest BCUT2D eigenvalue weighted by molar-refractivity contribution is 5.68. The van der Waals surface area contributed by atoms with Gasteiger partial charge < -0.3 is 4.98 Å². The molecule has 0 saturated heterocycles. The van der Waals surface area contributed by atoms with Gasteiger partial charge in [-0.25, -0.2) is 9.59 Å². The molecule has 0 radical (unpaired) electrons. The van der Waals surface area contributed by atoms with Crippen molar-refractivity contribution in [3.63, 3.8) is 0 Å². The van der Waals surface area contributed by atoms with Crippen LogP contribution in [0.4, 0.5) is 0 Å². The number of aromatic nitrogens is 4. The summed E-state index contributed by atoms with van der Waals surface area (Å²) in [6, 6.07) is 0.197. The van der Waals surface area contributed by atoms with Gasteiger partial charge in [-0.15, -0.1) is 0 Å². The Balaban J connectivity index is 2.19. The Bertz CT molecular complexity index is 645. The van der Waals surface area contributed by atoms with E-state index in [1.807, 2.05) is 0 Å². The standard InChI is InChI=1S/C11H14N4O2/c16-10-12-6-8-9(14-10)15(11(17)13-8)7-4-2-1-3-5-7/h6-7H,1-5H2,(H,13,17)(H,12,14,16). The molecule has 1 fully saturated rings. The van der Waals surface area contributed by atoms with Gasteiger partial charge >= 0.3 is 11.4 Å². The van der Waals surface area contributed by atoms with Crippen molar-refractivity contribution >= 4 is 11.2 Å². The first-order chi connectivity index (χ1) is 8.25. The molecule has 0 atom stereocenters. The van der Waals surface area contributed by atoms with Gasteiger partial charge in [0.1, 0.15) is 11.2 Å². The highest BCUT2D eigenvalue weighted by Gasteiger charge is 2.20. The molecular weight excluding hydrogens is 220 g/mol. The second kappa shape index (κ2) is 3.87. The number of hydrogen-bond donors (Lipinski definition) is 2. The van der Waals surface area contributed by atoms with Crippen molar-refractivity contribution in [2.75, 3.05) is 0 Å². The van der Waals surface area contributed by atoms with Crippen LogP contribution in [0, 0.1) is 0 Å². The van der Waals surface area contributed by atoms with E-state index < -0.39 is 5.69 Å². The van der Waals surface area contributed by atoms with Gasteiger partial charge in [0, 0.05) is 6.04 Å². The third kappa shape index (κ3) is 1.69. The Labute approximate surface area is 96.7 Å². The van der Waals surface area contributed by atoms with Crippen LogP contribution in [0.15, 0.2) is 15.8 Å². The summed E-state index contributed by atoms with van der Waals surface area (Å²) in [5.74, 6) is 0. The number of imidazole rings is 1. The summed E-state index contributed by atoms with van der Waals surface area (Å²) in [6.07, 6.45) is 6.91. The predicted octanol–water partition coefficient (Wildman–Crippen LogP) is 0.918. The van der Waals surface area contributed by atoms with Gasteiger partial charge in [-0.05, 0) is 12.8 Å². The van der Waals surface area contributed by atoms with E-state index in [1.54, 1.807) is 4.57 Å². The van der Waals surface area contributed by atoms with Crippen molar-refractivity contribution in [2.45, 2.75) is 38.1 Å². The van der Waals surface area contributed by atoms with E-state index >= 15 is 0 Å². The van der Waals surface area contributed by atoms with Crippen molar-refractivity contribution in [1.29, 1.82) is 0 Å². The number of nitrogens with zero attached hydrogens (tertiary/aromatic N) is 2. The lowest BCUT2D eigenvalue weighted by atomic mass is 9.95. The zero-order valence-electron chi connectivity index (χ0n) is 9.40. The van der Waals surface area contributed by atoms with Crippen molar-refractivity contribution in [2.24, 2.45) is 0 Å². The first-order valence-corrected chi connectivity index (χ1v) is 5.95. The van der Waals surface area contributed by atoms with Crippen LogP contribution in [0.25, 0.3) is 11.2 Å². The lowest BCUT2D eigenvalue weighted by Gasteiger charge is -2.22. The molecule has 3 rings (SSSR count). The number of hydrogen-bond acceptors (Lipinski definition) is 3. The molecule has 2 N–H and O–H groups in total. The van der Waals surface area contributed by atoms with Crippen molar-refractivity contribution in [1.82, 2.24) is 19.5 Å². The Morgan fingerprint density at radius 1 is 1.18 bits per heavy atom. The molecule has 0 spiro atoms. The molecule has 90 valence electrons. The molecule has 1 aliphatic rings. The summed E-state index contributed by atoms with van der Waals surface area (Å²) in [5.41, 5.74) is 0.596. The third-order valence-corrected chi connectivity index (χ3v) is 3.43. The molecule has 1 saturated carbocycles. The lowest BCUT2D eigenvalue weighted by Crippen LogP contribution is -2.25. The van der Waals surface area contributed by atoms with E-state index in [0.717, 1.165) is 25.7 Å². The van der Waals surface area contributed by atoms with Crippen LogP contribution in [0.2, 0.25) is 0 Å². The van der Waals surface area contributed by atoms with Gasteiger partial charge in [-0.2, -0.15) is 4.98 Å². The van der Waals surface area contributed by atoms with Gasteiger partial charge in [0.15, 0.2) is 0 Å². The summed E-state index contributed by atoms with van der Waals surface area (Å²) in [4.78, 5) is 32.1. The molecule has 0 amide bonds. The maximum atomic E-state index is 11.9. The van der Waals surface area contributed by atoms with Crippen LogP contribution >= 0.6 is 0 Å². The lowest BCUT2D eigenvalue weighted by molar-refractivity contribution is 0.352. The topological polar surface area (TPSA) is 83.5 Å². The monoisotopic (exact) mass is 234 g/mol. The predicted molar refractivity (Wildman–Crippen MR) is 63.1 cm³/mol. The fraction of sp³-hybridized carbons (Fsp3) is 0.545. The number of H-pyrrole nitrogens is 2. The Hall–Kier alpha value is -1.85. The average Bonchev–Trinajstić information content (AvgIpc) is 2.65. The molecule has 6 nitrogen and oxygen atoms in total. The second-order valence-electron chi connectivity index (χ2n) is 4.54. The molecule has 6 heteroatoms. The molecule has 1 aliphatic carbocycles. The smallest absolute Gasteiger partial charge is 0.303 e. The first-order valence-electron chi connectivity index (χ1n) is 5.95. The summed E-state index contributed by atoms with van der Waals surface area (Å²) in [7, 11) is 0. The molecule has 0 aromatic carbocycles. The fourth-order valence-corrected chi connectivity index (χ4v) is 2.63. The molecule has 2 aromatic rings. The van der Waals surface area contributed by atoms with E-state index in [9.17, 15) is 9.59 Å². The summed E-state index contributed by atoms with van der Waals surface area (Å²) in [5, 5.41) is 0. The summed E-state index contributed by atoms with van der Waals surface area (Å²) in [6.45, 7) is 0. The van der Waals surface area contributed by atoms with E-state index in [0.29, 0.717) is 11.2 Å². The third-order valence-electron chi connectivity index (χ3n) is 3.43. The van der Waals surface area contributed by atoms with Gasteiger partial charge in [-0.1, -0.05) is 19.3 Å². The SMILES string of the molecule is O=c1ncc2[nH]c(=O)n(C3CCCCC3)c2[nH]1. The molecule has 2 heterocycles. The van der Waals surface area contributed by atoms with Gasteiger partial charge in [0.05, 0.1) is 6.20 Å². The minimum atomic E-state index is -0.416. The zero-order chi connectivity index (χ0) is 11.8. The molecule has 17 heavy (non-hydrogen) atoms. The number of aromatic amines is 2. The quantitative estimate of drug-likeness (QED) is 0.769. The largest absolute Gasteiger partial charge is 0.346 e. The second-order valence-corrected chi connectivity index (χ2v) is 4.54. The number of nitrogens with one attached hydrogen (secondary N) is 2. The van der Waals surface area contributed by atoms with Crippen LogP contribution in [0.1, 0.15) is 38.1 Å². The van der Waals surface area contributed by atoms with Crippen molar-refractivity contribution in [3.05, 3.63) is 27.2 Å². The number of fused-ring (bicyclic) bond motifs is 1. The highest BCUT2D eigenvalue weighted by atomic mass is 16.2. The van der Waals surface area contributed by atoms with Crippen LogP contribution in [-0.4, -0.2) is 19.5 Å². The van der Waals surface area contributed by atoms with E-state index in [4.69, 9.17) is 0 Å². The Kier molecular flexibility index (Phi) is 2.35. The Morgan fingerprint density at radius 3 is 2.71 bits per heavy atom. The van der Waals surface area contributed by atoms with E-state index in [1.165, 1.54) is 12.6 Å². The minimum absolute atomic E-state index is 0.157. The summed E-state index contributed by atoms with van der Waals surface area (Å²) >= 11 is 0. The fourth-order valence-electron chi connectivity index (χ4n) is 2.63. The maximum absolute atomic E-state index is 11.9. The van der Waals surface area contributed by atoms with E-state index in [-0.39, 0.29) is 11.7 Å². The molecule has 0 aliphatic heterocycles. The van der Waals surface area contributed by atoms with Crippen LogP contribution in [0.5, 0.6) is 0 Å². The first kappa shape index (κ1) is 10.3. The van der Waals surface area contributed by atoms with E-state index in [2.05, 4.69) is 15.0 Å². The zero-order valence-corrected chi connectivity index (χ0v) is 9.40. The van der Waals surface area contributed by atoms with Crippen LogP contribution in [-0.2, 0) is 0 Å². The molecule has 2 aromatic heterocycles. The van der Waals surface area contributed by atoms with Crippen LogP contribution in [0.3, 0.4) is 0 Å². The van der Waals surface area contributed by atoms with Gasteiger partial charge in [-0.3, -0.25) is 9.55 Å². The molecular formula is C11H14N4O2. The Morgan fingerprint density at radius 2 is 1.94 bits per heavy atom. The van der Waals surface area contributed by atoms with Crippen LogP contribution < -0.4 is 11.4 Å². The average molecular weight is 234 g/mol. The number of rotatable bonds is 1. The maximum Gasteiger partial charge on any atom is 0.346 e. The van der Waals surface area contributed by atoms with Gasteiger partial charge in [0.2, 0.25) is 0 Å². The normalized spacial score (nSPS) is 17.6.